The van der Waals surface area contributed by atoms with Crippen LogP contribution in [-0.4, -0.2) is 17.9 Å². The lowest BCUT2D eigenvalue weighted by Crippen LogP contribution is -2.30. The second-order valence-corrected chi connectivity index (χ2v) is 6.10. The van der Waals surface area contributed by atoms with Crippen LogP contribution in [0.1, 0.15) is 17.5 Å². The first-order valence-electron chi connectivity index (χ1n) is 8.20. The molecule has 0 fully saturated rings. The summed E-state index contributed by atoms with van der Waals surface area (Å²) < 4.78 is 10.6. The van der Waals surface area contributed by atoms with E-state index in [0.29, 0.717) is 22.1 Å². The highest BCUT2D eigenvalue weighted by Gasteiger charge is 2.16. The minimum atomic E-state index is -0.758. The van der Waals surface area contributed by atoms with E-state index in [4.69, 9.17) is 20.8 Å². The van der Waals surface area contributed by atoms with E-state index in [1.807, 2.05) is 0 Å². The van der Waals surface area contributed by atoms with Crippen molar-refractivity contribution in [3.63, 3.8) is 0 Å². The largest absolute Gasteiger partial charge is 0.479 e. The number of rotatable bonds is 6. The quantitative estimate of drug-likeness (QED) is 0.651. The number of ether oxygens (including phenoxy) is 1. The molecule has 1 unspecified atom stereocenters. The summed E-state index contributed by atoms with van der Waals surface area (Å²) in [5.74, 6) is -0.0872. The molecule has 27 heavy (non-hydrogen) atoms. The Balaban J connectivity index is 1.62. The number of nitrogens with one attached hydrogen (secondary N) is 2. The lowest BCUT2D eigenvalue weighted by molar-refractivity contribution is -0.122. The van der Waals surface area contributed by atoms with Gasteiger partial charge in [0.25, 0.3) is 11.8 Å². The number of anilines is 2. The summed E-state index contributed by atoms with van der Waals surface area (Å²) in [5.41, 5.74) is 1.04. The molecule has 6 nitrogen and oxygen atoms in total. The molecular weight excluding hydrogens is 368 g/mol. The summed E-state index contributed by atoms with van der Waals surface area (Å²) in [5, 5.41) is 5.88. The average molecular weight is 385 g/mol. The minimum Gasteiger partial charge on any atom is -0.479 e. The summed E-state index contributed by atoms with van der Waals surface area (Å²) in [4.78, 5) is 24.4. The Hall–Kier alpha value is -3.25. The van der Waals surface area contributed by atoms with E-state index in [0.717, 1.165) is 0 Å². The maximum atomic E-state index is 12.4. The highest BCUT2D eigenvalue weighted by atomic mass is 35.5. The monoisotopic (exact) mass is 384 g/mol. The van der Waals surface area contributed by atoms with Crippen molar-refractivity contribution in [2.45, 2.75) is 13.0 Å². The molecule has 1 aromatic heterocycles. The summed E-state index contributed by atoms with van der Waals surface area (Å²) in [6.07, 6.45) is 0.664. The highest BCUT2D eigenvalue weighted by Crippen LogP contribution is 2.24. The summed E-state index contributed by atoms with van der Waals surface area (Å²) in [6, 6.07) is 16.9. The van der Waals surface area contributed by atoms with Gasteiger partial charge in [0.1, 0.15) is 5.75 Å². The van der Waals surface area contributed by atoms with E-state index in [1.165, 1.54) is 6.26 Å². The number of hydrogen-bond acceptors (Lipinski definition) is 4. The highest BCUT2D eigenvalue weighted by molar-refractivity contribution is 6.32. The van der Waals surface area contributed by atoms with Gasteiger partial charge in [-0.3, -0.25) is 9.59 Å². The molecule has 0 spiro atoms. The second-order valence-electron chi connectivity index (χ2n) is 5.69. The SMILES string of the molecule is CC(Oc1ccccc1Cl)C(=O)Nc1cccc(NC(=O)c2ccco2)c1. The van der Waals surface area contributed by atoms with Crippen molar-refractivity contribution < 1.29 is 18.7 Å². The molecule has 1 heterocycles. The van der Waals surface area contributed by atoms with E-state index >= 15 is 0 Å². The zero-order valence-electron chi connectivity index (χ0n) is 14.4. The van der Waals surface area contributed by atoms with Gasteiger partial charge in [0.15, 0.2) is 11.9 Å². The van der Waals surface area contributed by atoms with Gasteiger partial charge < -0.3 is 19.8 Å². The van der Waals surface area contributed by atoms with Crippen molar-refractivity contribution >= 4 is 34.8 Å². The van der Waals surface area contributed by atoms with Crippen LogP contribution in [0.25, 0.3) is 0 Å². The molecule has 2 aromatic carbocycles. The van der Waals surface area contributed by atoms with Gasteiger partial charge in [0, 0.05) is 11.4 Å². The fraction of sp³-hybridized carbons (Fsp3) is 0.100. The average Bonchev–Trinajstić information content (AvgIpc) is 3.19. The van der Waals surface area contributed by atoms with Gasteiger partial charge in [0.2, 0.25) is 0 Å². The molecule has 2 N–H and O–H groups in total. The van der Waals surface area contributed by atoms with Crippen LogP contribution in [0.4, 0.5) is 11.4 Å². The molecular formula is C20H17ClN2O4. The van der Waals surface area contributed by atoms with Crippen molar-refractivity contribution in [2.24, 2.45) is 0 Å². The molecule has 0 saturated heterocycles. The Kier molecular flexibility index (Phi) is 5.78. The van der Waals surface area contributed by atoms with Gasteiger partial charge in [-0.25, -0.2) is 0 Å². The molecule has 0 bridgehead atoms. The van der Waals surface area contributed by atoms with Crippen molar-refractivity contribution in [1.82, 2.24) is 0 Å². The number of furan rings is 1. The Morgan fingerprint density at radius 1 is 1.00 bits per heavy atom. The standard InChI is InChI=1S/C20H17ClN2O4/c1-13(27-17-9-3-2-8-16(17)21)19(24)22-14-6-4-7-15(12-14)23-20(25)18-10-5-11-26-18/h2-13H,1H3,(H,22,24)(H,23,25). The summed E-state index contributed by atoms with van der Waals surface area (Å²) in [6.45, 7) is 1.63. The van der Waals surface area contributed by atoms with Crippen LogP contribution in [-0.2, 0) is 4.79 Å². The maximum absolute atomic E-state index is 12.4. The van der Waals surface area contributed by atoms with E-state index in [1.54, 1.807) is 67.6 Å². The van der Waals surface area contributed by atoms with Gasteiger partial charge in [-0.05, 0) is 49.4 Å². The smallest absolute Gasteiger partial charge is 0.291 e. The number of hydrogen-bond donors (Lipinski definition) is 2. The molecule has 3 rings (SSSR count). The Bertz CT molecular complexity index is 941. The molecule has 2 amide bonds. The molecule has 0 aliphatic heterocycles. The van der Waals surface area contributed by atoms with Crippen LogP contribution in [0.2, 0.25) is 5.02 Å². The Labute approximate surface area is 161 Å². The lowest BCUT2D eigenvalue weighted by Gasteiger charge is -2.16. The third kappa shape index (κ3) is 4.89. The number of carbonyl (C=O) groups excluding carboxylic acids is 2. The fourth-order valence-corrected chi connectivity index (χ4v) is 2.48. The number of amides is 2. The van der Waals surface area contributed by atoms with Gasteiger partial charge >= 0.3 is 0 Å². The topological polar surface area (TPSA) is 80.6 Å². The molecule has 0 aliphatic rings. The number of carbonyl (C=O) groups is 2. The molecule has 138 valence electrons. The van der Waals surface area contributed by atoms with E-state index in [-0.39, 0.29) is 17.6 Å². The number of benzene rings is 2. The number of para-hydroxylation sites is 1. The Morgan fingerprint density at radius 3 is 2.44 bits per heavy atom. The minimum absolute atomic E-state index is 0.200. The zero-order chi connectivity index (χ0) is 19.2. The van der Waals surface area contributed by atoms with Crippen LogP contribution in [0, 0.1) is 0 Å². The first-order chi connectivity index (χ1) is 13.0. The van der Waals surface area contributed by atoms with Crippen LogP contribution in [0.3, 0.4) is 0 Å². The summed E-state index contributed by atoms with van der Waals surface area (Å²) >= 11 is 6.04. The second kappa shape index (κ2) is 8.42. The van der Waals surface area contributed by atoms with Gasteiger partial charge in [-0.15, -0.1) is 0 Å². The zero-order valence-corrected chi connectivity index (χ0v) is 15.2. The van der Waals surface area contributed by atoms with Crippen LogP contribution in [0.5, 0.6) is 5.75 Å². The Morgan fingerprint density at radius 2 is 1.74 bits per heavy atom. The third-order valence-electron chi connectivity index (χ3n) is 3.64. The number of halogens is 1. The molecule has 7 heteroatoms. The molecule has 0 saturated carbocycles. The molecule has 0 aliphatic carbocycles. The first-order valence-corrected chi connectivity index (χ1v) is 8.57. The van der Waals surface area contributed by atoms with Crippen molar-refractivity contribution in [2.75, 3.05) is 10.6 Å². The predicted molar refractivity (Wildman–Crippen MR) is 103 cm³/mol. The molecule has 1 atom stereocenters. The third-order valence-corrected chi connectivity index (χ3v) is 3.95. The van der Waals surface area contributed by atoms with Crippen LogP contribution >= 0.6 is 11.6 Å². The van der Waals surface area contributed by atoms with E-state index in [2.05, 4.69) is 10.6 Å². The van der Waals surface area contributed by atoms with Crippen molar-refractivity contribution in [3.8, 4) is 5.75 Å². The first kappa shape index (κ1) is 18.5. The maximum Gasteiger partial charge on any atom is 0.291 e. The molecule has 0 radical (unpaired) electrons. The summed E-state index contributed by atoms with van der Waals surface area (Å²) in [7, 11) is 0. The normalized spacial score (nSPS) is 11.5. The molecule has 3 aromatic rings. The van der Waals surface area contributed by atoms with Crippen LogP contribution < -0.4 is 15.4 Å². The van der Waals surface area contributed by atoms with Crippen molar-refractivity contribution in [3.05, 3.63) is 77.7 Å². The van der Waals surface area contributed by atoms with Crippen molar-refractivity contribution in [1.29, 1.82) is 0 Å². The lowest BCUT2D eigenvalue weighted by atomic mass is 10.2. The van der Waals surface area contributed by atoms with Crippen LogP contribution in [0.15, 0.2) is 71.3 Å². The van der Waals surface area contributed by atoms with E-state index < -0.39 is 6.10 Å². The van der Waals surface area contributed by atoms with Gasteiger partial charge in [0.05, 0.1) is 11.3 Å². The van der Waals surface area contributed by atoms with E-state index in [9.17, 15) is 9.59 Å². The fourth-order valence-electron chi connectivity index (χ4n) is 2.30. The van der Waals surface area contributed by atoms with Gasteiger partial charge in [-0.1, -0.05) is 29.8 Å². The predicted octanol–water partition coefficient (Wildman–Crippen LogP) is 4.59. The van der Waals surface area contributed by atoms with Gasteiger partial charge in [-0.2, -0.15) is 0 Å².